The number of imidazole rings is 1. The van der Waals surface area contributed by atoms with Crippen molar-refractivity contribution >= 4 is 17.2 Å². The van der Waals surface area contributed by atoms with Crippen molar-refractivity contribution in [1.29, 1.82) is 0 Å². The van der Waals surface area contributed by atoms with Gasteiger partial charge in [0.15, 0.2) is 10.8 Å². The number of hydrogen-bond acceptors (Lipinski definition) is 6. The molecule has 0 saturated heterocycles. The van der Waals surface area contributed by atoms with E-state index >= 15 is 0 Å². The van der Waals surface area contributed by atoms with Crippen LogP contribution in [0.5, 0.6) is 0 Å². The van der Waals surface area contributed by atoms with Crippen LogP contribution < -0.4 is 5.32 Å². The minimum absolute atomic E-state index is 0.0215. The summed E-state index contributed by atoms with van der Waals surface area (Å²) in [6.07, 6.45) is 7.66. The van der Waals surface area contributed by atoms with Gasteiger partial charge in [0.2, 0.25) is 5.91 Å². The van der Waals surface area contributed by atoms with Gasteiger partial charge in [-0.15, -0.1) is 11.3 Å². The number of nitrogens with zero attached hydrogens (tertiary/aromatic N) is 5. The molecule has 0 saturated carbocycles. The van der Waals surface area contributed by atoms with Crippen molar-refractivity contribution in [1.82, 2.24) is 29.8 Å². The van der Waals surface area contributed by atoms with Crippen LogP contribution in [0.4, 0.5) is 0 Å². The number of hydrogen-bond donors (Lipinski definition) is 1. The molecule has 0 radical (unpaired) electrons. The molecule has 0 aliphatic carbocycles. The predicted octanol–water partition coefficient (Wildman–Crippen LogP) is 2.84. The normalized spacial score (nSPS) is 12.3. The lowest BCUT2D eigenvalue weighted by molar-refractivity contribution is -0.123. The van der Waals surface area contributed by atoms with Crippen molar-refractivity contribution in [3.05, 3.63) is 47.8 Å². The molecule has 1 atom stereocenters. The number of carbonyl (C=O) groups excluding carboxylic acids is 1. The number of rotatable bonds is 7. The molecule has 7 nitrogen and oxygen atoms in total. The van der Waals surface area contributed by atoms with Crippen molar-refractivity contribution in [3.8, 4) is 10.8 Å². The maximum Gasteiger partial charge on any atom is 0.242 e. The molecule has 3 aromatic rings. The van der Waals surface area contributed by atoms with E-state index in [-0.39, 0.29) is 17.9 Å². The summed E-state index contributed by atoms with van der Waals surface area (Å²) in [6, 6.07) is 1.48. The monoisotopic (exact) mass is 370 g/mol. The summed E-state index contributed by atoms with van der Waals surface area (Å²) in [5.74, 6) is 1.79. The first-order chi connectivity index (χ1) is 12.6. The van der Waals surface area contributed by atoms with Crippen LogP contribution in [0.1, 0.15) is 44.2 Å². The molecule has 136 valence electrons. The molecule has 0 aliphatic rings. The van der Waals surface area contributed by atoms with E-state index in [0.717, 1.165) is 16.5 Å². The van der Waals surface area contributed by atoms with E-state index in [1.165, 1.54) is 11.3 Å². The first-order valence-corrected chi connectivity index (χ1v) is 9.46. The highest BCUT2D eigenvalue weighted by atomic mass is 32.1. The van der Waals surface area contributed by atoms with Gasteiger partial charge < -0.3 is 9.88 Å². The molecule has 0 aliphatic heterocycles. The molecule has 0 spiro atoms. The minimum Gasteiger partial charge on any atom is -0.354 e. The summed E-state index contributed by atoms with van der Waals surface area (Å²) >= 11 is 1.51. The van der Waals surface area contributed by atoms with Gasteiger partial charge in [-0.25, -0.2) is 19.9 Å². The lowest BCUT2D eigenvalue weighted by atomic mass is 10.2. The first-order valence-electron chi connectivity index (χ1n) is 8.58. The number of nitrogens with one attached hydrogen (secondary N) is 1. The topological polar surface area (TPSA) is 85.6 Å². The highest BCUT2D eigenvalue weighted by Crippen LogP contribution is 2.20. The molecule has 8 heteroatoms. The third-order valence-corrected chi connectivity index (χ3v) is 4.89. The van der Waals surface area contributed by atoms with Crippen LogP contribution in [-0.2, 0) is 11.2 Å². The number of aromatic nitrogens is 5. The standard InChI is InChI=1S/C18H22N6OS/c1-12(2)16-21-9-10-24(16)13(3)17(25)22-8-5-14-11-26-18(23-14)15-19-6-4-7-20-15/h4,6-7,9-13H,5,8H2,1-3H3,(H,22,25)/t13-/m0/s1. The number of amides is 1. The van der Waals surface area contributed by atoms with E-state index < -0.39 is 0 Å². The maximum absolute atomic E-state index is 12.4. The van der Waals surface area contributed by atoms with E-state index in [4.69, 9.17) is 0 Å². The Bertz CT molecular complexity index is 857. The van der Waals surface area contributed by atoms with E-state index in [9.17, 15) is 4.79 Å². The molecule has 1 amide bonds. The molecule has 26 heavy (non-hydrogen) atoms. The fourth-order valence-corrected chi connectivity index (χ4v) is 3.42. The fraction of sp³-hybridized carbons (Fsp3) is 0.389. The van der Waals surface area contributed by atoms with E-state index in [1.807, 2.05) is 23.1 Å². The second kappa shape index (κ2) is 8.18. The zero-order valence-corrected chi connectivity index (χ0v) is 15.9. The largest absolute Gasteiger partial charge is 0.354 e. The van der Waals surface area contributed by atoms with Crippen molar-refractivity contribution in [2.45, 2.75) is 39.2 Å². The molecule has 0 unspecified atom stereocenters. The van der Waals surface area contributed by atoms with Crippen molar-refractivity contribution in [2.24, 2.45) is 0 Å². The lowest BCUT2D eigenvalue weighted by Crippen LogP contribution is -2.33. The van der Waals surface area contributed by atoms with Crippen LogP contribution in [0.25, 0.3) is 10.8 Å². The Kier molecular flexibility index (Phi) is 5.72. The quantitative estimate of drug-likeness (QED) is 0.691. The Morgan fingerprint density at radius 1 is 1.19 bits per heavy atom. The van der Waals surface area contributed by atoms with Gasteiger partial charge in [-0.1, -0.05) is 13.8 Å². The summed E-state index contributed by atoms with van der Waals surface area (Å²) in [4.78, 5) is 29.7. The van der Waals surface area contributed by atoms with Crippen molar-refractivity contribution in [2.75, 3.05) is 6.54 Å². The molecule has 0 aromatic carbocycles. The van der Waals surface area contributed by atoms with E-state index in [1.54, 1.807) is 24.7 Å². The zero-order chi connectivity index (χ0) is 18.5. The van der Waals surface area contributed by atoms with Crippen LogP contribution >= 0.6 is 11.3 Å². The zero-order valence-electron chi connectivity index (χ0n) is 15.1. The summed E-state index contributed by atoms with van der Waals surface area (Å²) < 4.78 is 1.92. The summed E-state index contributed by atoms with van der Waals surface area (Å²) in [6.45, 7) is 6.56. The maximum atomic E-state index is 12.4. The SMILES string of the molecule is CC(C)c1nccn1[C@@H](C)C(=O)NCCc1csc(-c2ncccn2)n1. The van der Waals surface area contributed by atoms with Gasteiger partial charge in [0.1, 0.15) is 11.9 Å². The average Bonchev–Trinajstić information content (AvgIpc) is 3.31. The molecular weight excluding hydrogens is 348 g/mol. The van der Waals surface area contributed by atoms with Crippen LogP contribution in [0.3, 0.4) is 0 Å². The Morgan fingerprint density at radius 2 is 1.96 bits per heavy atom. The van der Waals surface area contributed by atoms with Crippen LogP contribution in [-0.4, -0.2) is 37.0 Å². The summed E-state index contributed by atoms with van der Waals surface area (Å²) in [5, 5.41) is 5.75. The molecule has 3 rings (SSSR count). The van der Waals surface area contributed by atoms with Gasteiger partial charge in [0, 0.05) is 49.1 Å². The average molecular weight is 370 g/mol. The Labute approximate surface area is 156 Å². The molecule has 1 N–H and O–H groups in total. The predicted molar refractivity (Wildman–Crippen MR) is 101 cm³/mol. The Morgan fingerprint density at radius 3 is 2.69 bits per heavy atom. The van der Waals surface area contributed by atoms with Gasteiger partial charge in [0.25, 0.3) is 0 Å². The van der Waals surface area contributed by atoms with Crippen LogP contribution in [0.15, 0.2) is 36.2 Å². The van der Waals surface area contributed by atoms with Crippen molar-refractivity contribution in [3.63, 3.8) is 0 Å². The second-order valence-corrected chi connectivity index (χ2v) is 7.14. The molecular formula is C18H22N6OS. The molecule has 3 aromatic heterocycles. The van der Waals surface area contributed by atoms with Crippen LogP contribution in [0, 0.1) is 0 Å². The van der Waals surface area contributed by atoms with Gasteiger partial charge in [-0.2, -0.15) is 0 Å². The molecule has 0 bridgehead atoms. The molecule has 3 heterocycles. The lowest BCUT2D eigenvalue weighted by Gasteiger charge is -2.17. The Hall–Kier alpha value is -2.61. The fourth-order valence-electron chi connectivity index (χ4n) is 2.62. The van der Waals surface area contributed by atoms with E-state index in [2.05, 4.69) is 39.1 Å². The van der Waals surface area contributed by atoms with E-state index in [0.29, 0.717) is 18.8 Å². The van der Waals surface area contributed by atoms with Crippen LogP contribution in [0.2, 0.25) is 0 Å². The number of carbonyl (C=O) groups is 1. The van der Waals surface area contributed by atoms with Gasteiger partial charge >= 0.3 is 0 Å². The highest BCUT2D eigenvalue weighted by molar-refractivity contribution is 7.13. The first kappa shape index (κ1) is 18.2. The number of thiazole rings is 1. The third-order valence-electron chi connectivity index (χ3n) is 4.00. The second-order valence-electron chi connectivity index (χ2n) is 6.28. The molecule has 0 fully saturated rings. The third kappa shape index (κ3) is 4.13. The highest BCUT2D eigenvalue weighted by Gasteiger charge is 2.19. The summed E-state index contributed by atoms with van der Waals surface area (Å²) in [7, 11) is 0. The Balaban J connectivity index is 1.54. The smallest absolute Gasteiger partial charge is 0.242 e. The van der Waals surface area contributed by atoms with Gasteiger partial charge in [0.05, 0.1) is 5.69 Å². The van der Waals surface area contributed by atoms with Crippen molar-refractivity contribution < 1.29 is 4.79 Å². The minimum atomic E-state index is -0.293. The van der Waals surface area contributed by atoms with Gasteiger partial charge in [-0.3, -0.25) is 4.79 Å². The summed E-state index contributed by atoms with van der Waals surface area (Å²) in [5.41, 5.74) is 0.927. The van der Waals surface area contributed by atoms with Gasteiger partial charge in [-0.05, 0) is 13.0 Å².